The van der Waals surface area contributed by atoms with Crippen LogP contribution in [-0.4, -0.2) is 63.3 Å². The van der Waals surface area contributed by atoms with Gasteiger partial charge in [-0.3, -0.25) is 9.79 Å². The van der Waals surface area contributed by atoms with Crippen LogP contribution in [0.1, 0.15) is 31.9 Å². The molecule has 1 aromatic heterocycles. The second kappa shape index (κ2) is 11.6. The number of carbonyl (C=O) groups is 1. The van der Waals surface area contributed by atoms with E-state index in [0.717, 1.165) is 76.8 Å². The molecular formula is C19H31N3O4. The Bertz CT molecular complexity index is 537. The SMILES string of the molecule is CCOCCCN=C(NCCc1ccco1)N1CCC(C(=O)OC)CC1. The molecule has 1 saturated heterocycles. The molecule has 146 valence electrons. The number of furan rings is 1. The van der Waals surface area contributed by atoms with E-state index in [1.807, 2.05) is 19.1 Å². The number of ether oxygens (including phenoxy) is 2. The number of carbonyl (C=O) groups excluding carboxylic acids is 1. The molecule has 0 radical (unpaired) electrons. The number of aliphatic imine (C=N–C) groups is 1. The smallest absolute Gasteiger partial charge is 0.308 e. The number of guanidine groups is 1. The Morgan fingerprint density at radius 2 is 2.23 bits per heavy atom. The average Bonchev–Trinajstić information content (AvgIpc) is 3.19. The van der Waals surface area contributed by atoms with Crippen LogP contribution in [0.4, 0.5) is 0 Å². The normalized spacial score (nSPS) is 15.9. The van der Waals surface area contributed by atoms with E-state index in [2.05, 4.69) is 10.2 Å². The van der Waals surface area contributed by atoms with E-state index in [-0.39, 0.29) is 11.9 Å². The number of hydrogen-bond acceptors (Lipinski definition) is 5. The van der Waals surface area contributed by atoms with E-state index < -0.39 is 0 Å². The van der Waals surface area contributed by atoms with E-state index in [1.165, 1.54) is 7.11 Å². The van der Waals surface area contributed by atoms with Crippen molar-refractivity contribution < 1.29 is 18.7 Å². The van der Waals surface area contributed by atoms with Crippen LogP contribution in [0, 0.1) is 5.92 Å². The van der Waals surface area contributed by atoms with E-state index >= 15 is 0 Å². The molecule has 1 fully saturated rings. The number of esters is 1. The van der Waals surface area contributed by atoms with Gasteiger partial charge in [-0.2, -0.15) is 0 Å². The molecule has 0 saturated carbocycles. The number of piperidine rings is 1. The Kier molecular flexibility index (Phi) is 9.03. The highest BCUT2D eigenvalue weighted by atomic mass is 16.5. The van der Waals surface area contributed by atoms with Gasteiger partial charge < -0.3 is 24.1 Å². The zero-order valence-corrected chi connectivity index (χ0v) is 15.9. The van der Waals surface area contributed by atoms with Crippen molar-refractivity contribution in [2.24, 2.45) is 10.9 Å². The average molecular weight is 365 g/mol. The monoisotopic (exact) mass is 365 g/mol. The lowest BCUT2D eigenvalue weighted by molar-refractivity contribution is -0.146. The van der Waals surface area contributed by atoms with Crippen molar-refractivity contribution in [2.45, 2.75) is 32.6 Å². The minimum Gasteiger partial charge on any atom is -0.469 e. The number of nitrogens with one attached hydrogen (secondary N) is 1. The Labute approximate surface area is 155 Å². The maximum atomic E-state index is 11.7. The molecule has 0 spiro atoms. The van der Waals surface area contributed by atoms with Gasteiger partial charge in [0.1, 0.15) is 5.76 Å². The van der Waals surface area contributed by atoms with E-state index in [9.17, 15) is 4.79 Å². The highest BCUT2D eigenvalue weighted by molar-refractivity contribution is 5.80. The van der Waals surface area contributed by atoms with Gasteiger partial charge in [-0.25, -0.2) is 0 Å². The molecular weight excluding hydrogens is 334 g/mol. The fourth-order valence-corrected chi connectivity index (χ4v) is 3.01. The third-order valence-electron chi connectivity index (χ3n) is 4.48. The van der Waals surface area contributed by atoms with Crippen LogP contribution in [0.5, 0.6) is 0 Å². The summed E-state index contributed by atoms with van der Waals surface area (Å²) in [6.07, 6.45) is 4.99. The van der Waals surface area contributed by atoms with E-state index in [4.69, 9.17) is 18.9 Å². The van der Waals surface area contributed by atoms with Crippen LogP contribution in [-0.2, 0) is 20.7 Å². The highest BCUT2D eigenvalue weighted by Crippen LogP contribution is 2.18. The lowest BCUT2D eigenvalue weighted by atomic mass is 9.97. The lowest BCUT2D eigenvalue weighted by Crippen LogP contribution is -2.47. The minimum absolute atomic E-state index is 0.00132. The molecule has 1 aromatic rings. The Morgan fingerprint density at radius 3 is 2.88 bits per heavy atom. The predicted molar refractivity (Wildman–Crippen MR) is 100 cm³/mol. The van der Waals surface area contributed by atoms with Crippen LogP contribution in [0.15, 0.2) is 27.8 Å². The van der Waals surface area contributed by atoms with Crippen molar-refractivity contribution in [1.82, 2.24) is 10.2 Å². The molecule has 0 unspecified atom stereocenters. The topological polar surface area (TPSA) is 76.3 Å². The number of rotatable bonds is 9. The first-order valence-electron chi connectivity index (χ1n) is 9.45. The van der Waals surface area contributed by atoms with Crippen molar-refractivity contribution >= 4 is 11.9 Å². The summed E-state index contributed by atoms with van der Waals surface area (Å²) < 4.78 is 15.6. The summed E-state index contributed by atoms with van der Waals surface area (Å²) in [6, 6.07) is 3.87. The van der Waals surface area contributed by atoms with Crippen molar-refractivity contribution in [1.29, 1.82) is 0 Å². The third kappa shape index (κ3) is 6.71. The quantitative estimate of drug-likeness (QED) is 0.312. The fourth-order valence-electron chi connectivity index (χ4n) is 3.01. The van der Waals surface area contributed by atoms with Gasteiger partial charge in [0, 0.05) is 45.8 Å². The highest BCUT2D eigenvalue weighted by Gasteiger charge is 2.27. The molecule has 0 aromatic carbocycles. The summed E-state index contributed by atoms with van der Waals surface area (Å²) in [5.41, 5.74) is 0. The Morgan fingerprint density at radius 1 is 1.42 bits per heavy atom. The van der Waals surface area contributed by atoms with Gasteiger partial charge in [0.05, 0.1) is 19.3 Å². The summed E-state index contributed by atoms with van der Waals surface area (Å²) >= 11 is 0. The molecule has 1 aliphatic rings. The summed E-state index contributed by atoms with van der Waals surface area (Å²) in [4.78, 5) is 18.7. The first kappa shape index (κ1) is 20.3. The molecule has 1 aliphatic heterocycles. The van der Waals surface area contributed by atoms with Gasteiger partial charge in [0.15, 0.2) is 5.96 Å². The van der Waals surface area contributed by atoms with Crippen LogP contribution in [0.3, 0.4) is 0 Å². The Hall–Kier alpha value is -2.02. The first-order chi connectivity index (χ1) is 12.7. The van der Waals surface area contributed by atoms with E-state index in [0.29, 0.717) is 0 Å². The summed E-state index contributed by atoms with van der Waals surface area (Å²) in [5.74, 6) is 1.75. The molecule has 0 amide bonds. The maximum absolute atomic E-state index is 11.7. The van der Waals surface area contributed by atoms with Gasteiger partial charge >= 0.3 is 5.97 Å². The summed E-state index contributed by atoms with van der Waals surface area (Å²) in [7, 11) is 1.45. The molecule has 1 N–H and O–H groups in total. The van der Waals surface area contributed by atoms with Crippen molar-refractivity contribution in [2.75, 3.05) is 46.5 Å². The number of methoxy groups -OCH3 is 1. The van der Waals surface area contributed by atoms with Crippen LogP contribution in [0.2, 0.25) is 0 Å². The standard InChI is InChI=1S/C19H31N3O4/c1-3-25-14-5-10-20-19(21-11-7-17-6-4-15-26-17)22-12-8-16(9-13-22)18(23)24-2/h4,6,15-16H,3,5,7-14H2,1-2H3,(H,20,21). The van der Waals surface area contributed by atoms with Crippen molar-refractivity contribution in [3.05, 3.63) is 24.2 Å². The van der Waals surface area contributed by atoms with Crippen LogP contribution in [0.25, 0.3) is 0 Å². The van der Waals surface area contributed by atoms with Crippen molar-refractivity contribution in [3.8, 4) is 0 Å². The van der Waals surface area contributed by atoms with Gasteiger partial charge in [-0.1, -0.05) is 0 Å². The summed E-state index contributed by atoms with van der Waals surface area (Å²) in [5, 5.41) is 3.44. The zero-order chi connectivity index (χ0) is 18.6. The molecule has 7 nitrogen and oxygen atoms in total. The largest absolute Gasteiger partial charge is 0.469 e. The number of hydrogen-bond donors (Lipinski definition) is 1. The third-order valence-corrected chi connectivity index (χ3v) is 4.48. The van der Waals surface area contributed by atoms with Gasteiger partial charge in [-0.15, -0.1) is 0 Å². The van der Waals surface area contributed by atoms with Crippen molar-refractivity contribution in [3.63, 3.8) is 0 Å². The zero-order valence-electron chi connectivity index (χ0n) is 15.9. The summed E-state index contributed by atoms with van der Waals surface area (Å²) in [6.45, 7) is 6.55. The first-order valence-corrected chi connectivity index (χ1v) is 9.45. The van der Waals surface area contributed by atoms with Gasteiger partial charge in [0.2, 0.25) is 0 Å². The molecule has 0 atom stereocenters. The van der Waals surface area contributed by atoms with Gasteiger partial charge in [-0.05, 0) is 38.3 Å². The minimum atomic E-state index is -0.106. The Balaban J connectivity index is 1.85. The molecule has 7 heteroatoms. The number of likely N-dealkylation sites (tertiary alicyclic amines) is 1. The molecule has 0 aliphatic carbocycles. The van der Waals surface area contributed by atoms with Crippen LogP contribution >= 0.6 is 0 Å². The predicted octanol–water partition coefficient (Wildman–Crippen LogP) is 2.08. The second-order valence-electron chi connectivity index (χ2n) is 6.30. The van der Waals surface area contributed by atoms with Gasteiger partial charge in [0.25, 0.3) is 0 Å². The second-order valence-corrected chi connectivity index (χ2v) is 6.30. The number of nitrogens with zero attached hydrogens (tertiary/aromatic N) is 2. The van der Waals surface area contributed by atoms with E-state index in [1.54, 1.807) is 6.26 Å². The van der Waals surface area contributed by atoms with Crippen LogP contribution < -0.4 is 5.32 Å². The molecule has 26 heavy (non-hydrogen) atoms. The molecule has 2 heterocycles. The lowest BCUT2D eigenvalue weighted by Gasteiger charge is -2.33. The molecule has 0 bridgehead atoms. The maximum Gasteiger partial charge on any atom is 0.308 e. The molecule has 2 rings (SSSR count). The fraction of sp³-hybridized carbons (Fsp3) is 0.684.